The van der Waals surface area contributed by atoms with E-state index in [1.807, 2.05) is 24.3 Å². The molecule has 0 aliphatic rings. The van der Waals surface area contributed by atoms with Gasteiger partial charge in [-0.25, -0.2) is 0 Å². The zero-order valence-corrected chi connectivity index (χ0v) is 11.5. The lowest BCUT2D eigenvalue weighted by atomic mass is 10.1. The fourth-order valence-corrected chi connectivity index (χ4v) is 2.06. The van der Waals surface area contributed by atoms with Gasteiger partial charge in [0, 0.05) is 18.3 Å². The molecule has 2 aromatic carbocycles. The molecular weight excluding hydrogens is 266 g/mol. The first-order valence-corrected chi connectivity index (χ1v) is 6.67. The Morgan fingerprint density at radius 2 is 1.95 bits per heavy atom. The summed E-state index contributed by atoms with van der Waals surface area (Å²) in [6, 6.07) is 16.5. The van der Waals surface area contributed by atoms with Crippen LogP contribution in [-0.2, 0) is 6.42 Å². The van der Waals surface area contributed by atoms with Crippen LogP contribution in [0.1, 0.15) is 17.5 Å². The Morgan fingerprint density at radius 1 is 1.19 bits per heavy atom. The summed E-state index contributed by atoms with van der Waals surface area (Å²) in [5.74, 6) is 0. The predicted octanol–water partition coefficient (Wildman–Crippen LogP) is 3.51. The number of nitro groups is 1. The molecule has 1 N–H and O–H groups in total. The summed E-state index contributed by atoms with van der Waals surface area (Å²) < 4.78 is 0. The quantitative estimate of drug-likeness (QED) is 0.499. The maximum Gasteiger partial charge on any atom is 0.287 e. The third kappa shape index (κ3) is 4.05. The molecule has 0 bridgehead atoms. The van der Waals surface area contributed by atoms with Crippen molar-refractivity contribution in [3.05, 3.63) is 69.8 Å². The van der Waals surface area contributed by atoms with E-state index in [9.17, 15) is 10.1 Å². The van der Waals surface area contributed by atoms with Gasteiger partial charge < -0.3 is 5.32 Å². The second-order valence-corrected chi connectivity index (χ2v) is 4.62. The first kappa shape index (κ1) is 14.5. The Morgan fingerprint density at radius 3 is 2.62 bits per heavy atom. The largest absolute Gasteiger partial charge is 0.385 e. The topological polar surface area (TPSA) is 79.0 Å². The molecule has 0 spiro atoms. The lowest BCUT2D eigenvalue weighted by Gasteiger charge is -2.07. The standard InChI is InChI=1S/C16H15N3O2/c17-12-14-11-15(8-9-16(14)19(20)21)18-10-4-7-13-5-2-1-3-6-13/h1-3,5-6,8-9,11,18H,4,7,10H2. The zero-order valence-electron chi connectivity index (χ0n) is 11.5. The highest BCUT2D eigenvalue weighted by Gasteiger charge is 2.13. The van der Waals surface area contributed by atoms with Crippen molar-refractivity contribution in [2.45, 2.75) is 12.8 Å². The van der Waals surface area contributed by atoms with E-state index in [-0.39, 0.29) is 11.3 Å². The maximum absolute atomic E-state index is 10.7. The van der Waals surface area contributed by atoms with Crippen LogP contribution in [0.15, 0.2) is 48.5 Å². The van der Waals surface area contributed by atoms with Crippen LogP contribution < -0.4 is 5.32 Å². The molecule has 5 heteroatoms. The van der Waals surface area contributed by atoms with Crippen LogP contribution in [0.3, 0.4) is 0 Å². The lowest BCUT2D eigenvalue weighted by molar-refractivity contribution is -0.385. The molecule has 0 aromatic heterocycles. The highest BCUT2D eigenvalue weighted by atomic mass is 16.6. The van der Waals surface area contributed by atoms with Crippen molar-refractivity contribution in [2.24, 2.45) is 0 Å². The number of nitrogens with one attached hydrogen (secondary N) is 1. The van der Waals surface area contributed by atoms with Crippen molar-refractivity contribution in [1.82, 2.24) is 0 Å². The summed E-state index contributed by atoms with van der Waals surface area (Å²) >= 11 is 0. The molecule has 0 atom stereocenters. The molecule has 0 aliphatic carbocycles. The Labute approximate surface area is 123 Å². The zero-order chi connectivity index (χ0) is 15.1. The van der Waals surface area contributed by atoms with Gasteiger partial charge >= 0.3 is 0 Å². The third-order valence-electron chi connectivity index (χ3n) is 3.13. The average Bonchev–Trinajstić information content (AvgIpc) is 2.52. The molecule has 106 valence electrons. The minimum absolute atomic E-state index is 0.0769. The molecule has 0 aliphatic heterocycles. The van der Waals surface area contributed by atoms with E-state index >= 15 is 0 Å². The third-order valence-corrected chi connectivity index (χ3v) is 3.13. The van der Waals surface area contributed by atoms with Gasteiger partial charge in [0.25, 0.3) is 5.69 Å². The summed E-state index contributed by atoms with van der Waals surface area (Å²) in [5, 5.41) is 22.9. The van der Waals surface area contributed by atoms with Crippen LogP contribution >= 0.6 is 0 Å². The van der Waals surface area contributed by atoms with Gasteiger partial charge in [0.1, 0.15) is 11.6 Å². The van der Waals surface area contributed by atoms with Crippen molar-refractivity contribution < 1.29 is 4.92 Å². The van der Waals surface area contributed by atoms with Gasteiger partial charge in [-0.2, -0.15) is 5.26 Å². The summed E-state index contributed by atoms with van der Waals surface area (Å²) in [4.78, 5) is 10.2. The summed E-state index contributed by atoms with van der Waals surface area (Å²) in [7, 11) is 0. The molecule has 21 heavy (non-hydrogen) atoms. The van der Waals surface area contributed by atoms with Crippen molar-refractivity contribution in [3.63, 3.8) is 0 Å². The first-order chi connectivity index (χ1) is 10.2. The van der Waals surface area contributed by atoms with Crippen molar-refractivity contribution in [3.8, 4) is 6.07 Å². The highest BCUT2D eigenvalue weighted by molar-refractivity contribution is 5.58. The fraction of sp³-hybridized carbons (Fsp3) is 0.188. The van der Waals surface area contributed by atoms with Crippen molar-refractivity contribution >= 4 is 11.4 Å². The molecule has 0 heterocycles. The molecule has 5 nitrogen and oxygen atoms in total. The number of benzene rings is 2. The van der Waals surface area contributed by atoms with Crippen molar-refractivity contribution in [1.29, 1.82) is 5.26 Å². The van der Waals surface area contributed by atoms with Gasteiger partial charge in [0.05, 0.1) is 4.92 Å². The SMILES string of the molecule is N#Cc1cc(NCCCc2ccccc2)ccc1[N+](=O)[O-]. The lowest BCUT2D eigenvalue weighted by Crippen LogP contribution is -2.03. The molecule has 0 radical (unpaired) electrons. The number of hydrogen-bond donors (Lipinski definition) is 1. The number of anilines is 1. The van der Waals surface area contributed by atoms with E-state index in [0.29, 0.717) is 0 Å². The number of rotatable bonds is 6. The van der Waals surface area contributed by atoms with E-state index in [0.717, 1.165) is 25.1 Å². The van der Waals surface area contributed by atoms with Crippen LogP contribution in [0, 0.1) is 21.4 Å². The number of nitro benzene ring substituents is 1. The van der Waals surface area contributed by atoms with Crippen molar-refractivity contribution in [2.75, 3.05) is 11.9 Å². The number of aryl methyl sites for hydroxylation is 1. The summed E-state index contributed by atoms with van der Waals surface area (Å²) in [6.45, 7) is 0.748. The number of nitrogens with zero attached hydrogens (tertiary/aromatic N) is 2. The molecule has 0 fully saturated rings. The Hall–Kier alpha value is -2.87. The van der Waals surface area contributed by atoms with Gasteiger partial charge in [-0.3, -0.25) is 10.1 Å². The molecule has 0 unspecified atom stereocenters. The van der Waals surface area contributed by atoms with Crippen LogP contribution in [0.25, 0.3) is 0 Å². The molecule has 0 saturated heterocycles. The monoisotopic (exact) mass is 281 g/mol. The molecular formula is C16H15N3O2. The average molecular weight is 281 g/mol. The number of hydrogen-bond acceptors (Lipinski definition) is 4. The van der Waals surface area contributed by atoms with Crippen LogP contribution in [0.5, 0.6) is 0 Å². The second-order valence-electron chi connectivity index (χ2n) is 4.62. The van der Waals surface area contributed by atoms with E-state index in [2.05, 4.69) is 17.4 Å². The minimum Gasteiger partial charge on any atom is -0.385 e. The molecule has 2 rings (SSSR count). The van der Waals surface area contributed by atoms with Gasteiger partial charge in [0.2, 0.25) is 0 Å². The van der Waals surface area contributed by atoms with E-state index in [1.54, 1.807) is 6.07 Å². The Kier molecular flexibility index (Phi) is 4.89. The van der Waals surface area contributed by atoms with Crippen LogP contribution in [0.4, 0.5) is 11.4 Å². The van der Waals surface area contributed by atoms with E-state index in [1.165, 1.54) is 17.7 Å². The molecule has 0 amide bonds. The van der Waals surface area contributed by atoms with Gasteiger partial charge in [0.15, 0.2) is 0 Å². The van der Waals surface area contributed by atoms with E-state index in [4.69, 9.17) is 5.26 Å². The second kappa shape index (κ2) is 7.06. The number of nitriles is 1. The smallest absolute Gasteiger partial charge is 0.287 e. The molecule has 0 saturated carbocycles. The van der Waals surface area contributed by atoms with Crippen LogP contribution in [0.2, 0.25) is 0 Å². The first-order valence-electron chi connectivity index (χ1n) is 6.67. The van der Waals surface area contributed by atoms with Crippen LogP contribution in [-0.4, -0.2) is 11.5 Å². The van der Waals surface area contributed by atoms with Gasteiger partial charge in [-0.15, -0.1) is 0 Å². The summed E-state index contributed by atoms with van der Waals surface area (Å²) in [5.41, 5.74) is 1.92. The normalized spacial score (nSPS) is 9.86. The Bertz CT molecular complexity index is 663. The van der Waals surface area contributed by atoms with Gasteiger partial charge in [-0.1, -0.05) is 30.3 Å². The fourth-order valence-electron chi connectivity index (χ4n) is 2.06. The Balaban J connectivity index is 1.89. The molecule has 2 aromatic rings. The van der Waals surface area contributed by atoms with E-state index < -0.39 is 4.92 Å². The van der Waals surface area contributed by atoms with Gasteiger partial charge in [-0.05, 0) is 30.5 Å². The summed E-state index contributed by atoms with van der Waals surface area (Å²) in [6.07, 6.45) is 1.91. The predicted molar refractivity (Wildman–Crippen MR) is 81.1 cm³/mol. The maximum atomic E-state index is 10.7. The minimum atomic E-state index is -0.544. The highest BCUT2D eigenvalue weighted by Crippen LogP contribution is 2.21.